The van der Waals surface area contributed by atoms with Gasteiger partial charge in [-0.2, -0.15) is 5.10 Å². The summed E-state index contributed by atoms with van der Waals surface area (Å²) in [5.74, 6) is 0.374. The summed E-state index contributed by atoms with van der Waals surface area (Å²) < 4.78 is 12.2. The van der Waals surface area contributed by atoms with Crippen LogP contribution in [0.25, 0.3) is 21.5 Å². The van der Waals surface area contributed by atoms with Gasteiger partial charge < -0.3 is 14.5 Å². The van der Waals surface area contributed by atoms with E-state index in [2.05, 4.69) is 15.4 Å². The number of aryl methyl sites for hydroxylation is 2. The van der Waals surface area contributed by atoms with Gasteiger partial charge in [-0.05, 0) is 32.0 Å². The Morgan fingerprint density at radius 2 is 2.10 bits per heavy atom. The van der Waals surface area contributed by atoms with Gasteiger partial charge in [-0.15, -0.1) is 11.3 Å². The molecule has 9 heteroatoms. The predicted octanol–water partition coefficient (Wildman–Crippen LogP) is 3.17. The third kappa shape index (κ3) is 3.84. The fourth-order valence-corrected chi connectivity index (χ4v) is 4.06. The average molecular weight is 424 g/mol. The Morgan fingerprint density at radius 1 is 1.27 bits per heavy atom. The van der Waals surface area contributed by atoms with E-state index < -0.39 is 0 Å². The monoisotopic (exact) mass is 424 g/mol. The second kappa shape index (κ2) is 8.11. The van der Waals surface area contributed by atoms with Gasteiger partial charge in [0.15, 0.2) is 17.1 Å². The molecule has 0 atom stereocenters. The van der Waals surface area contributed by atoms with Gasteiger partial charge >= 0.3 is 0 Å². The van der Waals surface area contributed by atoms with Crippen LogP contribution in [0, 0.1) is 13.8 Å². The number of ether oxygens (including phenoxy) is 1. The molecule has 0 spiro atoms. The number of amides is 1. The van der Waals surface area contributed by atoms with Crippen LogP contribution in [0.2, 0.25) is 0 Å². The summed E-state index contributed by atoms with van der Waals surface area (Å²) >= 11 is 1.53. The van der Waals surface area contributed by atoms with E-state index in [1.165, 1.54) is 22.1 Å². The number of methoxy groups -OCH3 is 1. The van der Waals surface area contributed by atoms with Crippen molar-refractivity contribution in [2.75, 3.05) is 13.7 Å². The Kier molecular flexibility index (Phi) is 5.37. The normalized spacial score (nSPS) is 11.0. The van der Waals surface area contributed by atoms with Gasteiger partial charge in [-0.25, -0.2) is 9.67 Å². The van der Waals surface area contributed by atoms with Crippen LogP contribution in [0.4, 0.5) is 0 Å². The van der Waals surface area contributed by atoms with Crippen molar-refractivity contribution in [3.8, 4) is 16.3 Å². The fourth-order valence-electron chi connectivity index (χ4n) is 3.17. The number of hydrogen-bond donors (Lipinski definition) is 1. The molecule has 154 valence electrons. The zero-order valence-corrected chi connectivity index (χ0v) is 17.6. The Bertz CT molecular complexity index is 1290. The highest BCUT2D eigenvalue weighted by Crippen LogP contribution is 2.28. The molecule has 1 N–H and O–H groups in total. The number of hydrogen-bond acceptors (Lipinski definition) is 7. The lowest BCUT2D eigenvalue weighted by atomic mass is 10.2. The summed E-state index contributed by atoms with van der Waals surface area (Å²) in [4.78, 5) is 30.0. The van der Waals surface area contributed by atoms with Crippen LogP contribution in [0.15, 0.2) is 45.6 Å². The number of furan rings is 1. The zero-order valence-electron chi connectivity index (χ0n) is 16.8. The third-order valence-electron chi connectivity index (χ3n) is 4.56. The molecule has 0 aliphatic rings. The summed E-state index contributed by atoms with van der Waals surface area (Å²) in [6.45, 7) is 4.31. The van der Waals surface area contributed by atoms with Crippen LogP contribution >= 0.6 is 11.3 Å². The van der Waals surface area contributed by atoms with Gasteiger partial charge in [-0.1, -0.05) is 12.1 Å². The van der Waals surface area contributed by atoms with Crippen molar-refractivity contribution in [2.24, 2.45) is 0 Å². The van der Waals surface area contributed by atoms with Crippen LogP contribution in [0.1, 0.15) is 21.3 Å². The number of thiazole rings is 1. The molecule has 0 unspecified atom stereocenters. The van der Waals surface area contributed by atoms with Crippen LogP contribution in [0.3, 0.4) is 0 Å². The number of nitrogens with one attached hydrogen (secondary N) is 1. The minimum Gasteiger partial charge on any atom is -0.493 e. The molecular weight excluding hydrogens is 404 g/mol. The van der Waals surface area contributed by atoms with Gasteiger partial charge in [0, 0.05) is 18.0 Å². The molecule has 0 fully saturated rings. The Hall–Kier alpha value is -3.46. The molecule has 1 aromatic carbocycles. The SMILES string of the molecule is COc1cccc2cc(C(=O)NCCn3nc(-c4sc(C)nc4C)ccc3=O)oc12. The van der Waals surface area contributed by atoms with Gasteiger partial charge in [-0.3, -0.25) is 9.59 Å². The molecule has 0 radical (unpaired) electrons. The van der Waals surface area contributed by atoms with Crippen molar-refractivity contribution in [1.82, 2.24) is 20.1 Å². The molecule has 4 aromatic rings. The molecule has 3 aromatic heterocycles. The third-order valence-corrected chi connectivity index (χ3v) is 5.66. The van der Waals surface area contributed by atoms with Crippen molar-refractivity contribution in [2.45, 2.75) is 20.4 Å². The molecule has 4 rings (SSSR count). The van der Waals surface area contributed by atoms with E-state index in [0.717, 1.165) is 21.0 Å². The lowest BCUT2D eigenvalue weighted by Gasteiger charge is -2.07. The molecule has 0 bridgehead atoms. The highest BCUT2D eigenvalue weighted by Gasteiger charge is 2.15. The van der Waals surface area contributed by atoms with Gasteiger partial charge in [0.1, 0.15) is 5.69 Å². The van der Waals surface area contributed by atoms with Crippen LogP contribution in [-0.4, -0.2) is 34.3 Å². The van der Waals surface area contributed by atoms with E-state index >= 15 is 0 Å². The summed E-state index contributed by atoms with van der Waals surface area (Å²) in [7, 11) is 1.55. The fraction of sp³-hybridized carbons (Fsp3) is 0.238. The van der Waals surface area contributed by atoms with Crippen LogP contribution < -0.4 is 15.6 Å². The number of benzene rings is 1. The maximum absolute atomic E-state index is 12.5. The summed E-state index contributed by atoms with van der Waals surface area (Å²) in [6.07, 6.45) is 0. The average Bonchev–Trinajstić information content (AvgIpc) is 3.31. The standard InChI is InChI=1S/C21H20N4O4S/c1-12-20(30-13(2)23-12)15-7-8-18(26)25(24-15)10-9-22-21(27)17-11-14-5-4-6-16(28-3)19(14)29-17/h4-8,11H,9-10H2,1-3H3,(H,22,27). The smallest absolute Gasteiger partial charge is 0.287 e. The quantitative estimate of drug-likeness (QED) is 0.510. The highest BCUT2D eigenvalue weighted by atomic mass is 32.1. The summed E-state index contributed by atoms with van der Waals surface area (Å²) in [5, 5.41) is 8.91. The van der Waals surface area contributed by atoms with Crippen molar-refractivity contribution in [3.63, 3.8) is 0 Å². The first-order valence-electron chi connectivity index (χ1n) is 9.33. The second-order valence-electron chi connectivity index (χ2n) is 6.67. The molecule has 0 saturated heterocycles. The van der Waals surface area contributed by atoms with E-state index in [-0.39, 0.29) is 30.3 Å². The summed E-state index contributed by atoms with van der Waals surface area (Å²) in [5.41, 5.74) is 1.85. The first-order chi connectivity index (χ1) is 14.5. The largest absolute Gasteiger partial charge is 0.493 e. The maximum atomic E-state index is 12.5. The molecule has 0 saturated carbocycles. The number of fused-ring (bicyclic) bond motifs is 1. The Balaban J connectivity index is 1.46. The van der Waals surface area contributed by atoms with Crippen LogP contribution in [0.5, 0.6) is 5.75 Å². The minimum atomic E-state index is -0.369. The lowest BCUT2D eigenvalue weighted by Crippen LogP contribution is -2.31. The van der Waals surface area contributed by atoms with E-state index in [9.17, 15) is 9.59 Å². The molecule has 3 heterocycles. The van der Waals surface area contributed by atoms with Crippen molar-refractivity contribution in [1.29, 1.82) is 0 Å². The predicted molar refractivity (Wildman–Crippen MR) is 114 cm³/mol. The number of nitrogens with zero attached hydrogens (tertiary/aromatic N) is 3. The minimum absolute atomic E-state index is 0.180. The number of carbonyl (C=O) groups is 1. The van der Waals surface area contributed by atoms with Gasteiger partial charge in [0.05, 0.1) is 29.2 Å². The van der Waals surface area contributed by atoms with Gasteiger partial charge in [0.2, 0.25) is 0 Å². The van der Waals surface area contributed by atoms with E-state index in [1.807, 2.05) is 26.0 Å². The molecule has 8 nitrogen and oxygen atoms in total. The highest BCUT2D eigenvalue weighted by molar-refractivity contribution is 7.15. The molecular formula is C21H20N4O4S. The topological polar surface area (TPSA) is 99.2 Å². The van der Waals surface area contributed by atoms with E-state index in [1.54, 1.807) is 25.3 Å². The van der Waals surface area contributed by atoms with Crippen molar-refractivity contribution >= 4 is 28.2 Å². The maximum Gasteiger partial charge on any atom is 0.287 e. The lowest BCUT2D eigenvalue weighted by molar-refractivity contribution is 0.0926. The zero-order chi connectivity index (χ0) is 21.3. The van der Waals surface area contributed by atoms with E-state index in [0.29, 0.717) is 17.0 Å². The first kappa shape index (κ1) is 19.8. The summed E-state index contributed by atoms with van der Waals surface area (Å²) in [6, 6.07) is 10.3. The molecule has 0 aliphatic carbocycles. The van der Waals surface area contributed by atoms with Crippen LogP contribution in [-0.2, 0) is 6.54 Å². The van der Waals surface area contributed by atoms with Gasteiger partial charge in [0.25, 0.3) is 11.5 Å². The van der Waals surface area contributed by atoms with Crippen molar-refractivity contribution in [3.05, 3.63) is 63.2 Å². The number of carbonyl (C=O) groups excluding carboxylic acids is 1. The first-order valence-corrected chi connectivity index (χ1v) is 10.1. The molecule has 30 heavy (non-hydrogen) atoms. The number of para-hydroxylation sites is 1. The number of aromatic nitrogens is 3. The second-order valence-corrected chi connectivity index (χ2v) is 7.88. The Morgan fingerprint density at radius 3 is 2.83 bits per heavy atom. The molecule has 0 aliphatic heterocycles. The van der Waals surface area contributed by atoms with E-state index in [4.69, 9.17) is 9.15 Å². The Labute approximate surface area is 176 Å². The molecule has 1 amide bonds. The number of rotatable bonds is 6. The van der Waals surface area contributed by atoms with Crippen molar-refractivity contribution < 1.29 is 13.9 Å².